The Hall–Kier alpha value is -1.22. The van der Waals surface area contributed by atoms with E-state index in [9.17, 15) is 5.11 Å². The summed E-state index contributed by atoms with van der Waals surface area (Å²) in [5, 5.41) is 13.0. The molecule has 1 aromatic carbocycles. The van der Waals surface area contributed by atoms with Gasteiger partial charge in [-0.1, -0.05) is 6.07 Å². The first kappa shape index (κ1) is 12.2. The summed E-state index contributed by atoms with van der Waals surface area (Å²) in [6.07, 6.45) is 3.80. The summed E-state index contributed by atoms with van der Waals surface area (Å²) in [6.45, 7) is 2.68. The summed E-state index contributed by atoms with van der Waals surface area (Å²) >= 11 is 0. The highest BCUT2D eigenvalue weighted by Crippen LogP contribution is 2.24. The first-order valence-corrected chi connectivity index (χ1v) is 6.45. The molecule has 0 heterocycles. The highest BCUT2D eigenvalue weighted by Gasteiger charge is 2.18. The number of benzene rings is 1. The number of rotatable bonds is 4. The maximum Gasteiger partial charge on any atom is 0.121 e. The Morgan fingerprint density at radius 3 is 2.76 bits per heavy atom. The third-order valence-electron chi connectivity index (χ3n) is 3.21. The van der Waals surface area contributed by atoms with Crippen LogP contribution in [0.25, 0.3) is 0 Å². The Kier molecular flexibility index (Phi) is 4.26. The largest absolute Gasteiger partial charge is 0.494 e. The minimum absolute atomic E-state index is 0.0946. The van der Waals surface area contributed by atoms with Crippen molar-refractivity contribution in [1.82, 2.24) is 0 Å². The lowest BCUT2D eigenvalue weighted by Crippen LogP contribution is -2.28. The summed E-state index contributed by atoms with van der Waals surface area (Å²) in [7, 11) is 0. The van der Waals surface area contributed by atoms with Crippen molar-refractivity contribution >= 4 is 5.69 Å². The fraction of sp³-hybridized carbons (Fsp3) is 0.571. The zero-order valence-electron chi connectivity index (χ0n) is 10.4. The first-order valence-electron chi connectivity index (χ1n) is 6.45. The predicted octanol–water partition coefficient (Wildman–Crippen LogP) is 2.80. The van der Waals surface area contributed by atoms with Crippen LogP contribution in [0.4, 0.5) is 5.69 Å². The Morgan fingerprint density at radius 2 is 2.06 bits per heavy atom. The number of aliphatic hydroxyl groups excluding tert-OH is 1. The molecule has 2 rings (SSSR count). The Balaban J connectivity index is 1.91. The Labute approximate surface area is 103 Å². The van der Waals surface area contributed by atoms with Gasteiger partial charge in [-0.25, -0.2) is 0 Å². The number of ether oxygens (including phenoxy) is 1. The second-order valence-electron chi connectivity index (χ2n) is 4.61. The van der Waals surface area contributed by atoms with E-state index in [0.717, 1.165) is 37.1 Å². The van der Waals surface area contributed by atoms with E-state index in [0.29, 0.717) is 12.6 Å². The molecule has 1 saturated carbocycles. The number of nitrogens with one attached hydrogen (secondary N) is 1. The van der Waals surface area contributed by atoms with Crippen LogP contribution in [-0.2, 0) is 0 Å². The maximum absolute atomic E-state index is 9.46. The van der Waals surface area contributed by atoms with Crippen molar-refractivity contribution < 1.29 is 9.84 Å². The highest BCUT2D eigenvalue weighted by molar-refractivity contribution is 5.48. The molecule has 1 aliphatic carbocycles. The molecule has 1 fully saturated rings. The third kappa shape index (κ3) is 3.63. The van der Waals surface area contributed by atoms with Crippen molar-refractivity contribution in [2.24, 2.45) is 0 Å². The van der Waals surface area contributed by atoms with Crippen molar-refractivity contribution in [2.45, 2.75) is 44.8 Å². The topological polar surface area (TPSA) is 41.5 Å². The van der Waals surface area contributed by atoms with Gasteiger partial charge in [0.2, 0.25) is 0 Å². The average molecular weight is 235 g/mol. The molecule has 0 amide bonds. The molecular weight excluding hydrogens is 214 g/mol. The molecular formula is C14H21NO2. The Morgan fingerprint density at radius 1 is 1.29 bits per heavy atom. The van der Waals surface area contributed by atoms with Crippen LogP contribution in [-0.4, -0.2) is 23.9 Å². The van der Waals surface area contributed by atoms with Crippen molar-refractivity contribution in [2.75, 3.05) is 11.9 Å². The highest BCUT2D eigenvalue weighted by atomic mass is 16.5. The molecule has 0 atom stereocenters. The van der Waals surface area contributed by atoms with Crippen molar-refractivity contribution in [3.05, 3.63) is 24.3 Å². The summed E-state index contributed by atoms with van der Waals surface area (Å²) < 4.78 is 5.47. The van der Waals surface area contributed by atoms with Gasteiger partial charge in [-0.15, -0.1) is 0 Å². The van der Waals surface area contributed by atoms with Crippen LogP contribution in [0.2, 0.25) is 0 Å². The second kappa shape index (κ2) is 5.92. The number of anilines is 1. The van der Waals surface area contributed by atoms with Crippen LogP contribution in [0.1, 0.15) is 32.6 Å². The van der Waals surface area contributed by atoms with Crippen LogP contribution < -0.4 is 10.1 Å². The lowest BCUT2D eigenvalue weighted by atomic mass is 9.93. The molecule has 1 aromatic rings. The fourth-order valence-electron chi connectivity index (χ4n) is 2.30. The smallest absolute Gasteiger partial charge is 0.121 e. The molecule has 0 bridgehead atoms. The van der Waals surface area contributed by atoms with Gasteiger partial charge >= 0.3 is 0 Å². The third-order valence-corrected chi connectivity index (χ3v) is 3.21. The van der Waals surface area contributed by atoms with Gasteiger partial charge in [0.25, 0.3) is 0 Å². The SMILES string of the molecule is CCOc1cccc(NC2CCC(O)CC2)c1. The van der Waals surface area contributed by atoms with Gasteiger partial charge in [0, 0.05) is 17.8 Å². The lowest BCUT2D eigenvalue weighted by Gasteiger charge is -2.27. The predicted molar refractivity (Wildman–Crippen MR) is 69.5 cm³/mol. The van der Waals surface area contributed by atoms with Gasteiger partial charge in [0.05, 0.1) is 12.7 Å². The van der Waals surface area contributed by atoms with E-state index in [1.54, 1.807) is 0 Å². The minimum atomic E-state index is -0.0946. The molecule has 0 spiro atoms. The lowest BCUT2D eigenvalue weighted by molar-refractivity contribution is 0.126. The van der Waals surface area contributed by atoms with E-state index in [-0.39, 0.29) is 6.10 Å². The van der Waals surface area contributed by atoms with Crippen molar-refractivity contribution in [1.29, 1.82) is 0 Å². The number of aliphatic hydroxyl groups is 1. The Bertz CT molecular complexity index is 346. The standard InChI is InChI=1S/C14H21NO2/c1-2-17-14-5-3-4-12(10-14)15-11-6-8-13(16)9-7-11/h3-5,10-11,13,15-16H,2,6-9H2,1H3. The summed E-state index contributed by atoms with van der Waals surface area (Å²) in [6, 6.07) is 8.56. The first-order chi connectivity index (χ1) is 8.28. The van der Waals surface area contributed by atoms with Gasteiger partial charge in [-0.05, 0) is 44.7 Å². The second-order valence-corrected chi connectivity index (χ2v) is 4.61. The minimum Gasteiger partial charge on any atom is -0.494 e. The van der Waals surface area contributed by atoms with Crippen LogP contribution in [0.3, 0.4) is 0 Å². The summed E-state index contributed by atoms with van der Waals surface area (Å²) in [4.78, 5) is 0. The zero-order valence-corrected chi connectivity index (χ0v) is 10.4. The molecule has 0 unspecified atom stereocenters. The monoisotopic (exact) mass is 235 g/mol. The fourth-order valence-corrected chi connectivity index (χ4v) is 2.30. The zero-order chi connectivity index (χ0) is 12.1. The number of hydrogen-bond acceptors (Lipinski definition) is 3. The van der Waals surface area contributed by atoms with Gasteiger partial charge in [0.15, 0.2) is 0 Å². The van der Waals surface area contributed by atoms with E-state index < -0.39 is 0 Å². The summed E-state index contributed by atoms with van der Waals surface area (Å²) in [5.41, 5.74) is 1.11. The van der Waals surface area contributed by atoms with Crippen molar-refractivity contribution in [3.63, 3.8) is 0 Å². The van der Waals surface area contributed by atoms with Crippen LogP contribution in [0.15, 0.2) is 24.3 Å². The molecule has 3 heteroatoms. The van der Waals surface area contributed by atoms with E-state index in [4.69, 9.17) is 4.74 Å². The van der Waals surface area contributed by atoms with Crippen LogP contribution >= 0.6 is 0 Å². The molecule has 0 radical (unpaired) electrons. The van der Waals surface area contributed by atoms with E-state index in [1.807, 2.05) is 25.1 Å². The van der Waals surface area contributed by atoms with Gasteiger partial charge < -0.3 is 15.2 Å². The molecule has 0 aliphatic heterocycles. The van der Waals surface area contributed by atoms with Gasteiger partial charge in [-0.3, -0.25) is 0 Å². The van der Waals surface area contributed by atoms with Crippen molar-refractivity contribution in [3.8, 4) is 5.75 Å². The van der Waals surface area contributed by atoms with Gasteiger partial charge in [-0.2, -0.15) is 0 Å². The average Bonchev–Trinajstić information content (AvgIpc) is 2.33. The van der Waals surface area contributed by atoms with Crippen LogP contribution in [0, 0.1) is 0 Å². The molecule has 0 aromatic heterocycles. The summed E-state index contributed by atoms with van der Waals surface area (Å²) in [5.74, 6) is 0.911. The number of hydrogen-bond donors (Lipinski definition) is 2. The molecule has 94 valence electrons. The maximum atomic E-state index is 9.46. The molecule has 3 nitrogen and oxygen atoms in total. The van der Waals surface area contributed by atoms with E-state index >= 15 is 0 Å². The molecule has 1 aliphatic rings. The van der Waals surface area contributed by atoms with Crippen LogP contribution in [0.5, 0.6) is 5.75 Å². The molecule has 0 saturated heterocycles. The normalized spacial score (nSPS) is 24.4. The molecule has 2 N–H and O–H groups in total. The van der Waals surface area contributed by atoms with Gasteiger partial charge in [0.1, 0.15) is 5.75 Å². The quantitative estimate of drug-likeness (QED) is 0.843. The van der Waals surface area contributed by atoms with E-state index in [1.165, 1.54) is 0 Å². The van der Waals surface area contributed by atoms with E-state index in [2.05, 4.69) is 11.4 Å². The molecule has 17 heavy (non-hydrogen) atoms.